The number of benzene rings is 4. The lowest BCUT2D eigenvalue weighted by Crippen LogP contribution is -2.21. The molecule has 0 unspecified atom stereocenters. The summed E-state index contributed by atoms with van der Waals surface area (Å²) >= 11 is 6.64. The molecule has 0 atom stereocenters. The number of carbonyl (C=O) groups is 4. The van der Waals surface area contributed by atoms with Crippen LogP contribution in [-0.4, -0.2) is 97.8 Å². The maximum absolute atomic E-state index is 13.2. The van der Waals surface area contributed by atoms with Crippen LogP contribution in [0.15, 0.2) is 81.7 Å². The molecular weight excluding hydrogens is 948 g/mol. The second kappa shape index (κ2) is 27.5. The largest absolute Gasteiger partial charge is 0.385 e. The molecule has 0 heterocycles. The van der Waals surface area contributed by atoms with Crippen LogP contribution in [0.1, 0.15) is 133 Å². The van der Waals surface area contributed by atoms with Crippen molar-refractivity contribution >= 4 is 60.7 Å². The zero-order chi connectivity index (χ0) is 46.6. The lowest BCUT2D eigenvalue weighted by molar-refractivity contribution is -0.107. The number of unbranched alkanes of at least 4 members (excludes halogenated alkanes) is 4. The molecule has 346 valence electrons. The van der Waals surface area contributed by atoms with E-state index >= 15 is 0 Å². The molecule has 64 heavy (non-hydrogen) atoms. The van der Waals surface area contributed by atoms with E-state index in [-0.39, 0.29) is 42.0 Å². The Labute approximate surface area is 394 Å². The second-order valence-electron chi connectivity index (χ2n) is 15.3. The van der Waals surface area contributed by atoms with Crippen molar-refractivity contribution in [1.29, 1.82) is 0 Å². The number of halogens is 2. The van der Waals surface area contributed by atoms with E-state index in [4.69, 9.17) is 34.2 Å². The number of methoxy groups -OCH3 is 6. The first kappa shape index (κ1) is 52.7. The summed E-state index contributed by atoms with van der Waals surface area (Å²) in [5.41, 5.74) is 11.0. The number of rotatable bonds is 22. The molecule has 12 nitrogen and oxygen atoms in total. The number of nitrogens with one attached hydrogen (secondary N) is 1. The topological polar surface area (TPSA) is 162 Å². The van der Waals surface area contributed by atoms with Gasteiger partial charge in [0.25, 0.3) is 0 Å². The first-order chi connectivity index (χ1) is 30.9. The Balaban J connectivity index is 0.000000262. The van der Waals surface area contributed by atoms with Crippen molar-refractivity contribution in [3.63, 3.8) is 0 Å². The minimum absolute atomic E-state index is 0.0495. The Hall–Kier alpha value is -3.96. The minimum atomic E-state index is -0.178. The van der Waals surface area contributed by atoms with Crippen LogP contribution in [0.5, 0.6) is 0 Å². The van der Waals surface area contributed by atoms with Gasteiger partial charge in [-0.05, 0) is 137 Å². The predicted octanol–water partition coefficient (Wildman–Crippen LogP) is 10.1. The molecule has 4 aromatic rings. The maximum Gasteiger partial charge on any atom is 0.194 e. The van der Waals surface area contributed by atoms with E-state index < -0.39 is 0 Å². The monoisotopic (exact) mass is 1010 g/mol. The predicted molar refractivity (Wildman–Crippen MR) is 256 cm³/mol. The SMILES string of the molecule is COC(CCCCCc1ccc2c(c1)C(=O)c1ccc(NCCCCC(OC)OC)cc1C2=O)OC.COC(CCCCN)OC.O=C1c2ccc(Br)cc2C(=O)c2ccc(Br)cc21. The molecular formula is C50H62Br2N2O10. The van der Waals surface area contributed by atoms with Crippen molar-refractivity contribution in [2.24, 2.45) is 5.73 Å². The lowest BCUT2D eigenvalue weighted by Gasteiger charge is -2.19. The normalized spacial score (nSPS) is 12.6. The van der Waals surface area contributed by atoms with E-state index in [9.17, 15) is 19.2 Å². The highest BCUT2D eigenvalue weighted by Gasteiger charge is 2.31. The molecule has 0 fully saturated rings. The fourth-order valence-electron chi connectivity index (χ4n) is 7.49. The van der Waals surface area contributed by atoms with Gasteiger partial charge in [0.15, 0.2) is 42.0 Å². The Morgan fingerprint density at radius 2 is 0.844 bits per heavy atom. The average Bonchev–Trinajstić information content (AvgIpc) is 3.31. The molecule has 14 heteroatoms. The Morgan fingerprint density at radius 1 is 0.453 bits per heavy atom. The molecule has 2 aliphatic carbocycles. The lowest BCUT2D eigenvalue weighted by atomic mass is 9.82. The van der Waals surface area contributed by atoms with Crippen molar-refractivity contribution in [2.45, 2.75) is 89.5 Å². The van der Waals surface area contributed by atoms with Crippen LogP contribution >= 0.6 is 31.9 Å². The molecule has 0 saturated carbocycles. The number of anilines is 1. The molecule has 0 spiro atoms. The smallest absolute Gasteiger partial charge is 0.194 e. The summed E-state index contributed by atoms with van der Waals surface area (Å²) in [6.07, 6.45) is 10.2. The number of ether oxygens (including phenoxy) is 6. The fraction of sp³-hybridized carbons (Fsp3) is 0.440. The molecule has 0 saturated heterocycles. The summed E-state index contributed by atoms with van der Waals surface area (Å²) in [6.45, 7) is 1.51. The van der Waals surface area contributed by atoms with E-state index in [0.29, 0.717) is 44.5 Å². The van der Waals surface area contributed by atoms with Gasteiger partial charge in [-0.25, -0.2) is 0 Å². The van der Waals surface area contributed by atoms with Crippen molar-refractivity contribution in [1.82, 2.24) is 0 Å². The van der Waals surface area contributed by atoms with Crippen LogP contribution in [0, 0.1) is 0 Å². The summed E-state index contributed by atoms with van der Waals surface area (Å²) in [5.74, 6) is -0.383. The average molecular weight is 1010 g/mol. The van der Waals surface area contributed by atoms with Crippen molar-refractivity contribution in [3.05, 3.63) is 132 Å². The van der Waals surface area contributed by atoms with Gasteiger partial charge < -0.3 is 39.5 Å². The van der Waals surface area contributed by atoms with Crippen molar-refractivity contribution in [2.75, 3.05) is 61.1 Å². The number of carbonyl (C=O) groups excluding carboxylic acids is 4. The summed E-state index contributed by atoms with van der Waals surface area (Å²) in [6, 6.07) is 21.4. The van der Waals surface area contributed by atoms with Gasteiger partial charge in [0.1, 0.15) is 0 Å². The number of ketones is 4. The first-order valence-corrected chi connectivity index (χ1v) is 23.2. The third-order valence-corrected chi connectivity index (χ3v) is 12.1. The highest BCUT2D eigenvalue weighted by molar-refractivity contribution is 9.10. The van der Waals surface area contributed by atoms with Crippen LogP contribution in [0.4, 0.5) is 5.69 Å². The summed E-state index contributed by atoms with van der Waals surface area (Å²) in [7, 11) is 9.88. The van der Waals surface area contributed by atoms with Gasteiger partial charge in [0.2, 0.25) is 0 Å². The Bertz CT molecular complexity index is 2030. The highest BCUT2D eigenvalue weighted by Crippen LogP contribution is 2.32. The number of aryl methyl sites for hydroxylation is 1. The second-order valence-corrected chi connectivity index (χ2v) is 17.2. The molecule has 0 aliphatic heterocycles. The Kier molecular flexibility index (Phi) is 22.6. The van der Waals surface area contributed by atoms with E-state index in [1.54, 1.807) is 91.2 Å². The molecule has 0 bridgehead atoms. The molecule has 0 aromatic heterocycles. The van der Waals surface area contributed by atoms with E-state index in [1.165, 1.54) is 0 Å². The van der Waals surface area contributed by atoms with E-state index in [0.717, 1.165) is 104 Å². The highest BCUT2D eigenvalue weighted by atomic mass is 79.9. The summed E-state index contributed by atoms with van der Waals surface area (Å²) in [4.78, 5) is 51.1. The van der Waals surface area contributed by atoms with Crippen LogP contribution in [0.2, 0.25) is 0 Å². The molecule has 0 amide bonds. The van der Waals surface area contributed by atoms with Crippen molar-refractivity contribution in [3.8, 4) is 0 Å². The number of nitrogens with two attached hydrogens (primary N) is 1. The first-order valence-electron chi connectivity index (χ1n) is 21.6. The van der Waals surface area contributed by atoms with Gasteiger partial charge in [-0.2, -0.15) is 0 Å². The van der Waals surface area contributed by atoms with Gasteiger partial charge in [-0.1, -0.05) is 50.4 Å². The standard InChI is InChI=1S/C29H39NO6.C14H6Br2O2.C7H17NO2/c1-33-26(34-2)11-7-5-6-10-20-13-15-22-24(18-20)28(31)23-16-14-21(19-25(23)29(22)32)30-17-9-8-12-27(35-3)36-4;15-7-1-3-9-11(5-7)14(18)10-4-2-8(16)6-12(10)13(9)17;1-9-7(10-2)5-3-4-6-8/h13-16,18-19,26-27,30H,5-12,17H2,1-4H3;1-6H;7H,3-6,8H2,1-2H3. The number of hydrogen-bond donors (Lipinski definition) is 2. The van der Waals surface area contributed by atoms with E-state index in [1.807, 2.05) is 24.3 Å². The molecule has 6 rings (SSSR count). The van der Waals surface area contributed by atoms with Gasteiger partial charge in [-0.15, -0.1) is 0 Å². The zero-order valence-corrected chi connectivity index (χ0v) is 40.9. The van der Waals surface area contributed by atoms with Gasteiger partial charge >= 0.3 is 0 Å². The summed E-state index contributed by atoms with van der Waals surface area (Å²) in [5, 5.41) is 3.36. The molecule has 0 radical (unpaired) electrons. The van der Waals surface area contributed by atoms with Gasteiger partial charge in [0, 0.05) is 108 Å². The molecule has 4 aromatic carbocycles. The molecule has 3 N–H and O–H groups in total. The number of fused-ring (bicyclic) bond motifs is 4. The maximum atomic E-state index is 13.2. The molecule has 2 aliphatic rings. The van der Waals surface area contributed by atoms with Crippen LogP contribution in [-0.2, 0) is 34.8 Å². The van der Waals surface area contributed by atoms with Crippen LogP contribution in [0.3, 0.4) is 0 Å². The van der Waals surface area contributed by atoms with Crippen LogP contribution in [0.25, 0.3) is 0 Å². The third-order valence-electron chi connectivity index (χ3n) is 11.1. The third kappa shape index (κ3) is 14.8. The zero-order valence-electron chi connectivity index (χ0n) is 37.8. The van der Waals surface area contributed by atoms with E-state index in [2.05, 4.69) is 37.2 Å². The van der Waals surface area contributed by atoms with Crippen molar-refractivity contribution < 1.29 is 47.6 Å². The quantitative estimate of drug-likeness (QED) is 0.0490. The minimum Gasteiger partial charge on any atom is -0.385 e. The van der Waals surface area contributed by atoms with Gasteiger partial charge in [-0.3, -0.25) is 19.2 Å². The van der Waals surface area contributed by atoms with Gasteiger partial charge in [0.05, 0.1) is 0 Å². The van der Waals surface area contributed by atoms with Crippen LogP contribution < -0.4 is 11.1 Å². The Morgan fingerprint density at radius 3 is 1.30 bits per heavy atom. The summed E-state index contributed by atoms with van der Waals surface area (Å²) < 4.78 is 32.4. The fourth-order valence-corrected chi connectivity index (χ4v) is 8.22. The number of hydrogen-bond acceptors (Lipinski definition) is 12.